The van der Waals surface area contributed by atoms with Gasteiger partial charge >= 0.3 is 0 Å². The molecule has 0 radical (unpaired) electrons. The monoisotopic (exact) mass is 677 g/mol. The van der Waals surface area contributed by atoms with E-state index in [0.29, 0.717) is 45.0 Å². The highest BCUT2D eigenvalue weighted by Gasteiger charge is 2.51. The van der Waals surface area contributed by atoms with Crippen LogP contribution in [0.3, 0.4) is 0 Å². The second-order valence-corrected chi connectivity index (χ2v) is 15.1. The molecule has 266 valence electrons. The van der Waals surface area contributed by atoms with Crippen LogP contribution >= 0.6 is 11.6 Å². The first-order valence-corrected chi connectivity index (χ1v) is 18.0. The minimum absolute atomic E-state index is 0.0397. The van der Waals surface area contributed by atoms with E-state index in [1.54, 1.807) is 4.90 Å². The maximum Gasteiger partial charge on any atom is 0.223 e. The van der Waals surface area contributed by atoms with Crippen molar-refractivity contribution >= 4 is 17.5 Å². The average Bonchev–Trinajstić information content (AvgIpc) is 3.54. The van der Waals surface area contributed by atoms with Gasteiger partial charge in [-0.1, -0.05) is 0 Å². The Bertz CT molecular complexity index is 962. The van der Waals surface area contributed by atoms with Crippen molar-refractivity contribution in [3.8, 4) is 0 Å². The zero-order valence-corrected chi connectivity index (χ0v) is 27.8. The van der Waals surface area contributed by atoms with Crippen molar-refractivity contribution in [2.24, 2.45) is 11.8 Å². The number of carbonyl (C=O) groups is 1. The Hall–Kier alpha value is -0.710. The lowest BCUT2D eigenvalue weighted by atomic mass is 9.82. The standard InChI is InChI=1S/C32H57ClFN5O7/c33-23-16-35-31(36-17-23)37-9-5-21(6-10-37)2-1-13-46-24-4-3-22(25(34)15-24)14-28(43)38-11-7-32(20-38)8-12-39(32)18-26(41)29(44)30(45)27(42)19-40/h21-27,29-31,35-36,40-42,44-45H,1-20H2/t22?,23?,24?,25?,26-,27+,29+,30+,31?,32?/m0/s1. The van der Waals surface area contributed by atoms with Crippen molar-refractivity contribution in [1.29, 1.82) is 0 Å². The van der Waals surface area contributed by atoms with E-state index in [2.05, 4.69) is 15.5 Å². The summed E-state index contributed by atoms with van der Waals surface area (Å²) in [6.07, 6.45) is 0.947. The topological polar surface area (TPSA) is 161 Å². The Morgan fingerprint density at radius 2 is 1.67 bits per heavy atom. The molecule has 1 amide bonds. The summed E-state index contributed by atoms with van der Waals surface area (Å²) in [6.45, 7) is 5.57. The fourth-order valence-corrected chi connectivity index (χ4v) is 8.36. The Morgan fingerprint density at radius 1 is 0.978 bits per heavy atom. The molecule has 4 aliphatic heterocycles. The third-order valence-electron chi connectivity index (χ3n) is 11.4. The van der Waals surface area contributed by atoms with E-state index < -0.39 is 37.2 Å². The molecule has 1 saturated carbocycles. The Labute approximate surface area is 277 Å². The first-order chi connectivity index (χ1) is 22.1. The predicted molar refractivity (Wildman–Crippen MR) is 171 cm³/mol. The van der Waals surface area contributed by atoms with Gasteiger partial charge < -0.3 is 35.2 Å². The van der Waals surface area contributed by atoms with Crippen LogP contribution in [0.25, 0.3) is 0 Å². The van der Waals surface area contributed by atoms with Crippen LogP contribution in [0.15, 0.2) is 0 Å². The lowest BCUT2D eigenvalue weighted by Gasteiger charge is -2.51. The van der Waals surface area contributed by atoms with E-state index in [0.717, 1.165) is 58.3 Å². The molecule has 0 bridgehead atoms. The summed E-state index contributed by atoms with van der Waals surface area (Å²) in [5.74, 6) is 0.362. The van der Waals surface area contributed by atoms with Gasteiger partial charge in [-0.05, 0) is 63.2 Å². The fourth-order valence-electron chi connectivity index (χ4n) is 8.18. The van der Waals surface area contributed by atoms with Gasteiger partial charge in [-0.15, -0.1) is 11.6 Å². The summed E-state index contributed by atoms with van der Waals surface area (Å²) >= 11 is 6.16. The largest absolute Gasteiger partial charge is 0.394 e. The number of amides is 1. The highest BCUT2D eigenvalue weighted by atomic mass is 35.5. The third kappa shape index (κ3) is 9.09. The summed E-state index contributed by atoms with van der Waals surface area (Å²) < 4.78 is 21.3. The van der Waals surface area contributed by atoms with Crippen molar-refractivity contribution in [3.63, 3.8) is 0 Å². The van der Waals surface area contributed by atoms with Gasteiger partial charge in [0.05, 0.1) is 24.2 Å². The molecule has 4 heterocycles. The van der Waals surface area contributed by atoms with Crippen molar-refractivity contribution in [2.75, 3.05) is 65.6 Å². The van der Waals surface area contributed by atoms with Crippen LogP contribution in [0, 0.1) is 11.8 Å². The molecule has 7 N–H and O–H groups in total. The molecule has 1 aliphatic carbocycles. The Balaban J connectivity index is 0.950. The van der Waals surface area contributed by atoms with Gasteiger partial charge in [-0.2, -0.15) is 0 Å². The molecule has 8 atom stereocenters. The SMILES string of the molecule is O=C(CC1CCC(OCCCC2CCN(C3NCC(Cl)CN3)CC2)CC1F)N1CCC2(CCN2C[C@H](O)[C@@H](O)[C@H](O)[C@H](O)CO)C1. The number of hydrogen-bond acceptors (Lipinski definition) is 11. The molecular weight excluding hydrogens is 621 g/mol. The molecule has 4 unspecified atom stereocenters. The second-order valence-electron chi connectivity index (χ2n) is 14.5. The number of ether oxygens (including phenoxy) is 1. The van der Waals surface area contributed by atoms with Crippen molar-refractivity contribution in [3.05, 3.63) is 0 Å². The van der Waals surface area contributed by atoms with Crippen LogP contribution in [0.4, 0.5) is 4.39 Å². The number of aliphatic hydroxyl groups excluding tert-OH is 5. The lowest BCUT2D eigenvalue weighted by Crippen LogP contribution is -2.64. The number of nitrogens with one attached hydrogen (secondary N) is 2. The number of carbonyl (C=O) groups excluding carboxylic acids is 1. The molecule has 4 saturated heterocycles. The minimum atomic E-state index is -1.66. The van der Waals surface area contributed by atoms with Crippen molar-refractivity contribution < 1.29 is 39.5 Å². The van der Waals surface area contributed by atoms with Crippen molar-refractivity contribution in [2.45, 2.75) is 118 Å². The number of nitrogens with zero attached hydrogens (tertiary/aromatic N) is 3. The molecule has 12 nitrogen and oxygen atoms in total. The molecule has 0 aromatic heterocycles. The average molecular weight is 678 g/mol. The normalized spacial score (nSPS) is 36.0. The Morgan fingerprint density at radius 3 is 2.33 bits per heavy atom. The van der Waals surface area contributed by atoms with Crippen LogP contribution in [0.1, 0.15) is 64.2 Å². The summed E-state index contributed by atoms with van der Waals surface area (Å²) in [6, 6.07) is 0. The maximum atomic E-state index is 15.2. The van der Waals surface area contributed by atoms with Crippen LogP contribution in [0.5, 0.6) is 0 Å². The molecule has 0 aromatic carbocycles. The number of halogens is 2. The summed E-state index contributed by atoms with van der Waals surface area (Å²) in [7, 11) is 0. The number of likely N-dealkylation sites (tertiary alicyclic amines) is 3. The molecular formula is C32H57ClFN5O7. The zero-order valence-electron chi connectivity index (χ0n) is 27.1. The molecule has 1 spiro atoms. The highest BCUT2D eigenvalue weighted by Crippen LogP contribution is 2.40. The summed E-state index contributed by atoms with van der Waals surface area (Å²) in [4.78, 5) is 19.5. The number of piperidine rings is 1. The first-order valence-electron chi connectivity index (χ1n) is 17.5. The molecule has 0 aromatic rings. The van der Waals surface area contributed by atoms with Gasteiger partial charge in [0.25, 0.3) is 0 Å². The highest BCUT2D eigenvalue weighted by molar-refractivity contribution is 6.21. The van der Waals surface area contributed by atoms with E-state index >= 15 is 4.39 Å². The van der Waals surface area contributed by atoms with E-state index in [1.807, 2.05) is 4.90 Å². The third-order valence-corrected chi connectivity index (χ3v) is 11.7. The molecule has 14 heteroatoms. The number of hydrogen-bond donors (Lipinski definition) is 7. The minimum Gasteiger partial charge on any atom is -0.394 e. The van der Waals surface area contributed by atoms with Gasteiger partial charge in [0.2, 0.25) is 5.91 Å². The number of rotatable bonds is 14. The second kappa shape index (κ2) is 16.8. The zero-order chi connectivity index (χ0) is 32.8. The van der Waals surface area contributed by atoms with Gasteiger partial charge in [0.1, 0.15) is 30.8 Å². The van der Waals surface area contributed by atoms with Crippen LogP contribution in [-0.4, -0.2) is 166 Å². The van der Waals surface area contributed by atoms with E-state index in [1.165, 1.54) is 12.8 Å². The van der Waals surface area contributed by atoms with Crippen LogP contribution in [-0.2, 0) is 9.53 Å². The number of aliphatic hydroxyl groups is 5. The van der Waals surface area contributed by atoms with Crippen molar-refractivity contribution in [1.82, 2.24) is 25.3 Å². The van der Waals surface area contributed by atoms with Gasteiger partial charge in [0.15, 0.2) is 0 Å². The fraction of sp³-hybridized carbons (Fsp3) is 0.969. The number of β-amino-alcohol motifs (C(OH)–C–C–N with tert-alkyl or cyclic N) is 1. The molecule has 5 fully saturated rings. The number of alkyl halides is 2. The predicted octanol–water partition coefficient (Wildman–Crippen LogP) is -0.411. The summed E-state index contributed by atoms with van der Waals surface area (Å²) in [5, 5.41) is 56.3. The molecule has 5 aliphatic rings. The summed E-state index contributed by atoms with van der Waals surface area (Å²) in [5.41, 5.74) is -0.299. The van der Waals surface area contributed by atoms with Crippen LogP contribution < -0.4 is 10.6 Å². The lowest BCUT2D eigenvalue weighted by molar-refractivity contribution is -0.138. The smallest absolute Gasteiger partial charge is 0.223 e. The van der Waals surface area contributed by atoms with Gasteiger partial charge in [-0.3, -0.25) is 25.2 Å². The maximum absolute atomic E-state index is 15.2. The van der Waals surface area contributed by atoms with E-state index in [9.17, 15) is 25.2 Å². The first kappa shape index (κ1) is 36.6. The van der Waals surface area contributed by atoms with E-state index in [-0.39, 0.29) is 48.1 Å². The van der Waals surface area contributed by atoms with E-state index in [4.69, 9.17) is 21.4 Å². The Kier molecular flexibility index (Phi) is 13.4. The van der Waals surface area contributed by atoms with Gasteiger partial charge in [-0.25, -0.2) is 4.39 Å². The molecule has 5 rings (SSSR count). The molecule has 46 heavy (non-hydrogen) atoms. The van der Waals surface area contributed by atoms with Gasteiger partial charge in [0, 0.05) is 77.3 Å². The van der Waals surface area contributed by atoms with Crippen LogP contribution in [0.2, 0.25) is 0 Å². The quantitative estimate of drug-likeness (QED) is 0.0946.